The van der Waals surface area contributed by atoms with Crippen LogP contribution in [0.3, 0.4) is 0 Å². The van der Waals surface area contributed by atoms with Crippen LogP contribution in [0.25, 0.3) is 11.0 Å². The molecular weight excluding hydrogens is 400 g/mol. The van der Waals surface area contributed by atoms with Crippen molar-refractivity contribution < 1.29 is 9.53 Å². The Morgan fingerprint density at radius 1 is 1.16 bits per heavy atom. The molecule has 6 heteroatoms. The Bertz CT molecular complexity index is 1100. The highest BCUT2D eigenvalue weighted by molar-refractivity contribution is 5.79. The Labute approximate surface area is 190 Å². The smallest absolute Gasteiger partial charge is 0.410 e. The molecule has 1 fully saturated rings. The number of carbonyl (C=O) groups excluding carboxylic acids is 1. The van der Waals surface area contributed by atoms with Gasteiger partial charge >= 0.3 is 6.09 Å². The lowest BCUT2D eigenvalue weighted by Gasteiger charge is -2.38. The molecule has 1 saturated heterocycles. The number of ether oxygens (including phenoxy) is 1. The molecule has 6 nitrogen and oxygen atoms in total. The van der Waals surface area contributed by atoms with Crippen molar-refractivity contribution >= 4 is 23.1 Å². The quantitative estimate of drug-likeness (QED) is 0.564. The summed E-state index contributed by atoms with van der Waals surface area (Å²) >= 11 is 0. The maximum atomic E-state index is 12.7. The van der Waals surface area contributed by atoms with Crippen molar-refractivity contribution in [3.05, 3.63) is 59.7 Å². The van der Waals surface area contributed by atoms with E-state index in [1.165, 1.54) is 11.1 Å². The zero-order chi connectivity index (χ0) is 22.9. The average molecular weight is 435 g/mol. The standard InChI is InChI=1S/C26H34N4O2/c1-19-11-6-7-12-20(19)17-30-23-15-9-8-14-22(23)27-24(30)29-16-10-13-21(18-29)28(5)25(31)32-26(2,3)4/h6-9,11-12,14-15,21H,10,13,16-18H2,1-5H3. The minimum absolute atomic E-state index is 0.0883. The second-order valence-electron chi connectivity index (χ2n) is 9.75. The number of aromatic nitrogens is 2. The van der Waals surface area contributed by atoms with Crippen LogP contribution in [0.2, 0.25) is 0 Å². The average Bonchev–Trinajstić information content (AvgIpc) is 3.12. The Morgan fingerprint density at radius 3 is 2.62 bits per heavy atom. The maximum Gasteiger partial charge on any atom is 0.410 e. The van der Waals surface area contributed by atoms with Gasteiger partial charge in [-0.05, 0) is 63.8 Å². The Balaban J connectivity index is 1.63. The van der Waals surface area contributed by atoms with Gasteiger partial charge in [-0.2, -0.15) is 0 Å². The molecule has 32 heavy (non-hydrogen) atoms. The molecule has 0 spiro atoms. The summed E-state index contributed by atoms with van der Waals surface area (Å²) in [6, 6.07) is 16.9. The summed E-state index contributed by atoms with van der Waals surface area (Å²) in [4.78, 5) is 21.7. The number of para-hydroxylation sites is 2. The number of anilines is 1. The lowest BCUT2D eigenvalue weighted by molar-refractivity contribution is 0.0209. The molecule has 2 aromatic carbocycles. The van der Waals surface area contributed by atoms with E-state index in [4.69, 9.17) is 9.72 Å². The number of amides is 1. The fourth-order valence-corrected chi connectivity index (χ4v) is 4.35. The van der Waals surface area contributed by atoms with E-state index in [1.807, 2.05) is 33.9 Å². The lowest BCUT2D eigenvalue weighted by atomic mass is 10.1. The molecule has 1 aliphatic rings. The van der Waals surface area contributed by atoms with Crippen molar-refractivity contribution in [1.82, 2.24) is 14.5 Å². The second kappa shape index (κ2) is 8.85. The van der Waals surface area contributed by atoms with Gasteiger partial charge in [-0.25, -0.2) is 9.78 Å². The number of hydrogen-bond donors (Lipinski definition) is 0. The van der Waals surface area contributed by atoms with E-state index in [9.17, 15) is 4.79 Å². The molecule has 1 amide bonds. The second-order valence-corrected chi connectivity index (χ2v) is 9.75. The number of likely N-dealkylation sites (N-methyl/N-ethyl adjacent to an activating group) is 1. The van der Waals surface area contributed by atoms with Crippen molar-refractivity contribution in [3.63, 3.8) is 0 Å². The van der Waals surface area contributed by atoms with E-state index >= 15 is 0 Å². The Morgan fingerprint density at radius 2 is 1.88 bits per heavy atom. The van der Waals surface area contributed by atoms with Crippen molar-refractivity contribution in [2.24, 2.45) is 0 Å². The SMILES string of the molecule is Cc1ccccc1Cn1c(N2CCCC(N(C)C(=O)OC(C)(C)C)C2)nc2ccccc21. The molecule has 1 atom stereocenters. The normalized spacial score (nSPS) is 16.9. The van der Waals surface area contributed by atoms with E-state index in [1.54, 1.807) is 4.90 Å². The number of nitrogens with zero attached hydrogens (tertiary/aromatic N) is 4. The first-order valence-corrected chi connectivity index (χ1v) is 11.4. The first-order valence-electron chi connectivity index (χ1n) is 11.4. The summed E-state index contributed by atoms with van der Waals surface area (Å²) in [7, 11) is 1.85. The number of piperidine rings is 1. The van der Waals surface area contributed by atoms with E-state index in [-0.39, 0.29) is 12.1 Å². The van der Waals surface area contributed by atoms with Crippen LogP contribution in [0.1, 0.15) is 44.7 Å². The molecule has 0 radical (unpaired) electrons. The van der Waals surface area contributed by atoms with Crippen molar-refractivity contribution in [2.45, 2.75) is 58.7 Å². The van der Waals surface area contributed by atoms with Crippen LogP contribution in [-0.2, 0) is 11.3 Å². The van der Waals surface area contributed by atoms with Crippen molar-refractivity contribution in [2.75, 3.05) is 25.0 Å². The minimum Gasteiger partial charge on any atom is -0.444 e. The van der Waals surface area contributed by atoms with Crippen molar-refractivity contribution in [1.29, 1.82) is 0 Å². The highest BCUT2D eigenvalue weighted by atomic mass is 16.6. The molecular formula is C26H34N4O2. The maximum absolute atomic E-state index is 12.7. The van der Waals surface area contributed by atoms with Gasteiger partial charge in [0.1, 0.15) is 5.60 Å². The molecule has 0 aliphatic carbocycles. The van der Waals surface area contributed by atoms with Gasteiger partial charge in [0.05, 0.1) is 23.6 Å². The van der Waals surface area contributed by atoms with Gasteiger partial charge < -0.3 is 19.1 Å². The van der Waals surface area contributed by atoms with Crippen LogP contribution in [0.5, 0.6) is 0 Å². The summed E-state index contributed by atoms with van der Waals surface area (Å²) in [5.41, 5.74) is 4.20. The summed E-state index contributed by atoms with van der Waals surface area (Å²) < 4.78 is 7.92. The summed E-state index contributed by atoms with van der Waals surface area (Å²) in [6.07, 6.45) is 1.70. The number of carbonyl (C=O) groups is 1. The number of aryl methyl sites for hydroxylation is 1. The number of benzene rings is 2. The molecule has 4 rings (SSSR count). The highest BCUT2D eigenvalue weighted by Gasteiger charge is 2.31. The number of hydrogen-bond acceptors (Lipinski definition) is 4. The van der Waals surface area contributed by atoms with E-state index < -0.39 is 5.60 Å². The van der Waals surface area contributed by atoms with Gasteiger partial charge in [-0.1, -0.05) is 36.4 Å². The first kappa shape index (κ1) is 22.2. The Hall–Kier alpha value is -3.02. The zero-order valence-corrected chi connectivity index (χ0v) is 19.8. The van der Waals surface area contributed by atoms with E-state index in [2.05, 4.69) is 58.9 Å². The molecule has 170 valence electrons. The van der Waals surface area contributed by atoms with Crippen LogP contribution in [0.15, 0.2) is 48.5 Å². The fraction of sp³-hybridized carbons (Fsp3) is 0.462. The molecule has 1 unspecified atom stereocenters. The third kappa shape index (κ3) is 4.74. The largest absolute Gasteiger partial charge is 0.444 e. The molecule has 3 aromatic rings. The molecule has 0 N–H and O–H groups in total. The van der Waals surface area contributed by atoms with Crippen molar-refractivity contribution in [3.8, 4) is 0 Å². The fourth-order valence-electron chi connectivity index (χ4n) is 4.35. The predicted octanol–water partition coefficient (Wildman–Crippen LogP) is 5.23. The highest BCUT2D eigenvalue weighted by Crippen LogP contribution is 2.28. The molecule has 0 bridgehead atoms. The third-order valence-corrected chi connectivity index (χ3v) is 6.13. The van der Waals surface area contributed by atoms with Gasteiger partial charge in [0.2, 0.25) is 5.95 Å². The van der Waals surface area contributed by atoms with Gasteiger partial charge in [-0.3, -0.25) is 0 Å². The molecule has 2 heterocycles. The third-order valence-electron chi connectivity index (χ3n) is 6.13. The zero-order valence-electron chi connectivity index (χ0n) is 19.8. The first-order chi connectivity index (χ1) is 15.2. The number of rotatable bonds is 4. The molecule has 1 aromatic heterocycles. The van der Waals surface area contributed by atoms with Crippen LogP contribution in [-0.4, -0.2) is 52.3 Å². The number of fused-ring (bicyclic) bond motifs is 1. The minimum atomic E-state index is -0.499. The van der Waals surface area contributed by atoms with Crippen LogP contribution >= 0.6 is 0 Å². The van der Waals surface area contributed by atoms with Gasteiger partial charge in [0.25, 0.3) is 0 Å². The van der Waals surface area contributed by atoms with Crippen LogP contribution in [0.4, 0.5) is 10.7 Å². The summed E-state index contributed by atoms with van der Waals surface area (Å²) in [6.45, 7) is 10.3. The predicted molar refractivity (Wildman–Crippen MR) is 129 cm³/mol. The summed E-state index contributed by atoms with van der Waals surface area (Å²) in [5, 5.41) is 0. The topological polar surface area (TPSA) is 50.6 Å². The lowest BCUT2D eigenvalue weighted by Crippen LogP contribution is -2.50. The molecule has 0 saturated carbocycles. The monoisotopic (exact) mass is 434 g/mol. The Kier molecular flexibility index (Phi) is 6.13. The van der Waals surface area contributed by atoms with Crippen LogP contribution in [0, 0.1) is 6.92 Å². The van der Waals surface area contributed by atoms with Crippen LogP contribution < -0.4 is 4.90 Å². The van der Waals surface area contributed by atoms with Gasteiger partial charge in [0.15, 0.2) is 0 Å². The van der Waals surface area contributed by atoms with Gasteiger partial charge in [-0.15, -0.1) is 0 Å². The van der Waals surface area contributed by atoms with E-state index in [0.717, 1.165) is 49.5 Å². The van der Waals surface area contributed by atoms with E-state index in [0.29, 0.717) is 0 Å². The summed E-state index contributed by atoms with van der Waals surface area (Å²) in [5.74, 6) is 0.969. The van der Waals surface area contributed by atoms with Gasteiger partial charge in [0, 0.05) is 20.1 Å². The number of imidazole rings is 1. The molecule has 1 aliphatic heterocycles.